The Morgan fingerprint density at radius 2 is 2.00 bits per heavy atom. The first-order valence-electron chi connectivity index (χ1n) is 8.42. The van der Waals surface area contributed by atoms with Crippen LogP contribution in [0.2, 0.25) is 0 Å². The Labute approximate surface area is 141 Å². The van der Waals surface area contributed by atoms with E-state index in [1.54, 1.807) is 13.3 Å². The van der Waals surface area contributed by atoms with Crippen LogP contribution in [-0.2, 0) is 0 Å². The lowest BCUT2D eigenvalue weighted by molar-refractivity contribution is 0.398. The van der Waals surface area contributed by atoms with Gasteiger partial charge in [0.15, 0.2) is 0 Å². The van der Waals surface area contributed by atoms with Crippen molar-refractivity contribution < 1.29 is 4.74 Å². The topological polar surface area (TPSA) is 50.6 Å². The number of anilines is 1. The van der Waals surface area contributed by atoms with Crippen molar-refractivity contribution in [2.24, 2.45) is 0 Å². The molecule has 3 aromatic heterocycles. The zero-order chi connectivity index (χ0) is 16.4. The normalized spacial score (nSPS) is 15.5. The third-order valence-corrected chi connectivity index (χ3v) is 4.60. The number of ether oxygens (including phenoxy) is 1. The molecule has 0 radical (unpaired) electrons. The quantitative estimate of drug-likeness (QED) is 0.775. The summed E-state index contributed by atoms with van der Waals surface area (Å²) < 4.78 is 7.47. The van der Waals surface area contributed by atoms with Gasteiger partial charge >= 0.3 is 0 Å². The van der Waals surface area contributed by atoms with E-state index in [1.807, 2.05) is 12.1 Å². The van der Waals surface area contributed by atoms with Crippen molar-refractivity contribution in [3.8, 4) is 17.1 Å². The summed E-state index contributed by atoms with van der Waals surface area (Å²) >= 11 is 0. The molecule has 0 bridgehead atoms. The van der Waals surface area contributed by atoms with Gasteiger partial charge in [-0.05, 0) is 56.3 Å². The van der Waals surface area contributed by atoms with Crippen molar-refractivity contribution in [2.75, 3.05) is 25.5 Å². The summed E-state index contributed by atoms with van der Waals surface area (Å²) in [4.78, 5) is 4.19. The number of nitrogens with one attached hydrogen (secondary N) is 2. The van der Waals surface area contributed by atoms with Crippen molar-refractivity contribution in [3.63, 3.8) is 0 Å². The highest BCUT2D eigenvalue weighted by atomic mass is 16.5. The second-order valence-electron chi connectivity index (χ2n) is 6.19. The minimum Gasteiger partial charge on any atom is -0.481 e. The molecule has 5 nitrogen and oxygen atoms in total. The number of nitrogens with zero attached hydrogens (tertiary/aromatic N) is 2. The van der Waals surface area contributed by atoms with Gasteiger partial charge in [-0.3, -0.25) is 0 Å². The van der Waals surface area contributed by atoms with E-state index in [0.717, 1.165) is 42.9 Å². The molecule has 2 N–H and O–H groups in total. The molecule has 1 aliphatic rings. The van der Waals surface area contributed by atoms with Crippen LogP contribution in [0.5, 0.6) is 5.88 Å². The van der Waals surface area contributed by atoms with Gasteiger partial charge in [0.05, 0.1) is 18.5 Å². The molecule has 3 aromatic rings. The number of rotatable bonds is 4. The third kappa shape index (κ3) is 2.95. The number of hydrogen-bond acceptors (Lipinski definition) is 4. The summed E-state index contributed by atoms with van der Waals surface area (Å²) in [7, 11) is 1.64. The molecule has 0 saturated carbocycles. The van der Waals surface area contributed by atoms with Crippen molar-refractivity contribution in [3.05, 3.63) is 48.8 Å². The van der Waals surface area contributed by atoms with Gasteiger partial charge in [0.2, 0.25) is 5.88 Å². The highest BCUT2D eigenvalue weighted by Gasteiger charge is 2.13. The summed E-state index contributed by atoms with van der Waals surface area (Å²) in [6, 6.07) is 13.1. The van der Waals surface area contributed by atoms with E-state index in [4.69, 9.17) is 4.74 Å². The monoisotopic (exact) mass is 322 g/mol. The molecule has 0 aliphatic carbocycles. The number of aromatic nitrogens is 2. The number of pyridine rings is 2. The van der Waals surface area contributed by atoms with Gasteiger partial charge in [-0.1, -0.05) is 0 Å². The summed E-state index contributed by atoms with van der Waals surface area (Å²) in [6.45, 7) is 2.18. The van der Waals surface area contributed by atoms with Crippen molar-refractivity contribution in [2.45, 2.75) is 18.9 Å². The molecule has 0 amide bonds. The number of methoxy groups -OCH3 is 1. The first-order valence-corrected chi connectivity index (χ1v) is 8.42. The SMILES string of the molecule is COc1cc(-c2ccc3ccc(NC4CCNCC4)cn23)ccn1. The largest absolute Gasteiger partial charge is 0.481 e. The number of hydrogen-bond donors (Lipinski definition) is 2. The average molecular weight is 322 g/mol. The van der Waals surface area contributed by atoms with Crippen molar-refractivity contribution in [1.29, 1.82) is 0 Å². The molecule has 5 heteroatoms. The fraction of sp³-hybridized carbons (Fsp3) is 0.316. The highest BCUT2D eigenvalue weighted by Crippen LogP contribution is 2.26. The molecule has 0 spiro atoms. The minimum absolute atomic E-state index is 0.545. The number of fused-ring (bicyclic) bond motifs is 1. The van der Waals surface area contributed by atoms with E-state index in [1.165, 1.54) is 5.52 Å². The summed E-state index contributed by atoms with van der Waals surface area (Å²) in [5, 5.41) is 7.07. The van der Waals surface area contributed by atoms with Crippen LogP contribution in [0.25, 0.3) is 16.8 Å². The van der Waals surface area contributed by atoms with Crippen LogP contribution < -0.4 is 15.4 Å². The third-order valence-electron chi connectivity index (χ3n) is 4.60. The minimum atomic E-state index is 0.545. The lowest BCUT2D eigenvalue weighted by atomic mass is 10.1. The fourth-order valence-electron chi connectivity index (χ4n) is 3.30. The van der Waals surface area contributed by atoms with E-state index in [0.29, 0.717) is 11.9 Å². The zero-order valence-corrected chi connectivity index (χ0v) is 13.8. The lowest BCUT2D eigenvalue weighted by Gasteiger charge is -2.24. The van der Waals surface area contributed by atoms with Crippen LogP contribution in [0, 0.1) is 0 Å². The van der Waals surface area contributed by atoms with Gasteiger partial charge in [-0.25, -0.2) is 4.98 Å². The number of piperidine rings is 1. The van der Waals surface area contributed by atoms with E-state index in [-0.39, 0.29) is 0 Å². The van der Waals surface area contributed by atoms with Gasteiger partial charge in [-0.2, -0.15) is 0 Å². The van der Waals surface area contributed by atoms with Crippen molar-refractivity contribution in [1.82, 2.24) is 14.7 Å². The summed E-state index contributed by atoms with van der Waals surface area (Å²) in [6.07, 6.45) is 6.29. The van der Waals surface area contributed by atoms with E-state index >= 15 is 0 Å². The Bertz CT molecular complexity index is 836. The molecule has 0 aromatic carbocycles. The zero-order valence-electron chi connectivity index (χ0n) is 13.8. The Hall–Kier alpha value is -2.53. The van der Waals surface area contributed by atoms with Gasteiger partial charge in [-0.15, -0.1) is 0 Å². The van der Waals surface area contributed by atoms with Crippen LogP contribution in [0.15, 0.2) is 48.8 Å². The molecule has 4 heterocycles. The Morgan fingerprint density at radius 3 is 2.83 bits per heavy atom. The second kappa shape index (κ2) is 6.53. The van der Waals surface area contributed by atoms with Crippen LogP contribution in [0.3, 0.4) is 0 Å². The van der Waals surface area contributed by atoms with Crippen LogP contribution in [0.1, 0.15) is 12.8 Å². The van der Waals surface area contributed by atoms with Crippen LogP contribution in [0.4, 0.5) is 5.69 Å². The highest BCUT2D eigenvalue weighted by molar-refractivity contribution is 5.69. The molecule has 0 unspecified atom stereocenters. The predicted molar refractivity (Wildman–Crippen MR) is 96.7 cm³/mol. The molecular formula is C19H22N4O. The van der Waals surface area contributed by atoms with Gasteiger partial charge in [0.1, 0.15) is 0 Å². The summed E-state index contributed by atoms with van der Waals surface area (Å²) in [5.41, 5.74) is 4.57. The van der Waals surface area contributed by atoms with E-state index in [9.17, 15) is 0 Å². The molecule has 124 valence electrons. The first-order chi connectivity index (χ1) is 11.8. The first kappa shape index (κ1) is 15.0. The summed E-state index contributed by atoms with van der Waals surface area (Å²) in [5.74, 6) is 0.631. The maximum absolute atomic E-state index is 5.25. The molecule has 24 heavy (non-hydrogen) atoms. The molecule has 1 aliphatic heterocycles. The molecule has 1 fully saturated rings. The Balaban J connectivity index is 1.67. The Morgan fingerprint density at radius 1 is 1.17 bits per heavy atom. The maximum Gasteiger partial charge on any atom is 0.213 e. The average Bonchev–Trinajstić information content (AvgIpc) is 3.06. The molecule has 1 saturated heterocycles. The smallest absolute Gasteiger partial charge is 0.213 e. The molecule has 4 rings (SSSR count). The predicted octanol–water partition coefficient (Wildman–Crippen LogP) is 3.17. The van der Waals surface area contributed by atoms with E-state index in [2.05, 4.69) is 50.5 Å². The van der Waals surface area contributed by atoms with Gasteiger partial charge in [0.25, 0.3) is 0 Å². The maximum atomic E-state index is 5.25. The van der Waals surface area contributed by atoms with Crippen molar-refractivity contribution >= 4 is 11.2 Å². The van der Waals surface area contributed by atoms with Crippen LogP contribution in [-0.4, -0.2) is 35.6 Å². The molecule has 0 atom stereocenters. The Kier molecular flexibility index (Phi) is 4.09. The van der Waals surface area contributed by atoms with Gasteiger partial charge < -0.3 is 19.8 Å². The van der Waals surface area contributed by atoms with E-state index < -0.39 is 0 Å². The van der Waals surface area contributed by atoms with Gasteiger partial charge in [0, 0.05) is 35.6 Å². The second-order valence-corrected chi connectivity index (χ2v) is 6.19. The molecular weight excluding hydrogens is 300 g/mol. The van der Waals surface area contributed by atoms with Crippen LogP contribution >= 0.6 is 0 Å². The standard InChI is InChI=1S/C19H22N4O/c1-24-19-12-14(6-11-21-19)18-5-4-17-3-2-16(13-23(17)18)22-15-7-9-20-10-8-15/h2-6,11-13,15,20,22H,7-10H2,1H3. The lowest BCUT2D eigenvalue weighted by Crippen LogP contribution is -2.35. The fourth-order valence-corrected chi connectivity index (χ4v) is 3.30.